The van der Waals surface area contributed by atoms with Crippen molar-refractivity contribution in [2.75, 3.05) is 7.11 Å². The summed E-state index contributed by atoms with van der Waals surface area (Å²) in [6.45, 7) is 8.14. The van der Waals surface area contributed by atoms with Crippen LogP contribution in [0.3, 0.4) is 0 Å². The zero-order chi connectivity index (χ0) is 18.1. The highest BCUT2D eigenvalue weighted by Crippen LogP contribution is 2.23. The molecule has 5 nitrogen and oxygen atoms in total. The van der Waals surface area contributed by atoms with Gasteiger partial charge in [0.05, 0.1) is 13.2 Å². The van der Waals surface area contributed by atoms with Crippen LogP contribution in [0, 0.1) is 5.92 Å². The van der Waals surface area contributed by atoms with Crippen molar-refractivity contribution < 1.29 is 14.3 Å². The molecule has 134 valence electrons. The van der Waals surface area contributed by atoms with Crippen molar-refractivity contribution >= 4 is 12.0 Å². The monoisotopic (exact) mass is 334 g/mol. The Bertz CT molecular complexity index is 526. The van der Waals surface area contributed by atoms with E-state index < -0.39 is 18.0 Å². The van der Waals surface area contributed by atoms with Crippen molar-refractivity contribution in [3.63, 3.8) is 0 Å². The summed E-state index contributed by atoms with van der Waals surface area (Å²) in [6, 6.07) is 8.07. The molecule has 0 aromatic heterocycles. The molecular weight excluding hydrogens is 304 g/mol. The van der Waals surface area contributed by atoms with Crippen molar-refractivity contribution in [2.45, 2.75) is 59.0 Å². The predicted octanol–water partition coefficient (Wildman–Crippen LogP) is 3.59. The van der Waals surface area contributed by atoms with E-state index in [9.17, 15) is 9.59 Å². The van der Waals surface area contributed by atoms with E-state index in [0.717, 1.165) is 12.0 Å². The van der Waals surface area contributed by atoms with Gasteiger partial charge >= 0.3 is 6.09 Å². The van der Waals surface area contributed by atoms with E-state index in [1.54, 1.807) is 6.92 Å². The Morgan fingerprint density at radius 3 is 2.25 bits per heavy atom. The number of rotatable bonds is 8. The number of imide groups is 1. The lowest BCUT2D eigenvalue weighted by Crippen LogP contribution is -2.46. The normalized spacial score (nSPS) is 13.4. The van der Waals surface area contributed by atoms with Gasteiger partial charge in [0.15, 0.2) is 0 Å². The highest BCUT2D eigenvalue weighted by Gasteiger charge is 2.23. The highest BCUT2D eigenvalue weighted by molar-refractivity contribution is 5.94. The summed E-state index contributed by atoms with van der Waals surface area (Å²) in [6.07, 6.45) is 2.73. The average molecular weight is 334 g/mol. The Labute approximate surface area is 145 Å². The van der Waals surface area contributed by atoms with E-state index in [-0.39, 0.29) is 6.04 Å². The first-order chi connectivity index (χ1) is 11.4. The molecule has 0 unspecified atom stereocenters. The summed E-state index contributed by atoms with van der Waals surface area (Å²) in [4.78, 5) is 23.2. The molecule has 1 aromatic rings. The Morgan fingerprint density at radius 1 is 1.12 bits per heavy atom. The summed E-state index contributed by atoms with van der Waals surface area (Å²) in [5.41, 5.74) is 2.47. The number of hydrogen-bond acceptors (Lipinski definition) is 4. The van der Waals surface area contributed by atoms with Gasteiger partial charge in [0.1, 0.15) is 0 Å². The van der Waals surface area contributed by atoms with Gasteiger partial charge in [0.25, 0.3) is 0 Å². The second kappa shape index (κ2) is 10.1. The molecular formula is C19H30N2O3. The van der Waals surface area contributed by atoms with Gasteiger partial charge in [-0.2, -0.15) is 0 Å². The number of unbranched alkanes of at least 4 members (excludes halogenated alkanes) is 1. The summed E-state index contributed by atoms with van der Waals surface area (Å²) >= 11 is 0. The van der Waals surface area contributed by atoms with Crippen LogP contribution in [0.25, 0.3) is 0 Å². The number of hydrogen-bond donors (Lipinski definition) is 2. The largest absolute Gasteiger partial charge is 0.453 e. The van der Waals surface area contributed by atoms with Crippen LogP contribution in [0.2, 0.25) is 0 Å². The lowest BCUT2D eigenvalue weighted by atomic mass is 9.94. The quantitative estimate of drug-likeness (QED) is 0.762. The Morgan fingerprint density at radius 2 is 1.75 bits per heavy atom. The maximum absolute atomic E-state index is 12.0. The number of aryl methyl sites for hydroxylation is 1. The highest BCUT2D eigenvalue weighted by atomic mass is 16.5. The average Bonchev–Trinajstić information content (AvgIpc) is 2.57. The molecule has 0 aliphatic carbocycles. The third-order valence-corrected chi connectivity index (χ3v) is 4.06. The summed E-state index contributed by atoms with van der Waals surface area (Å²) in [5.74, 6) is -0.0908. The van der Waals surface area contributed by atoms with Gasteiger partial charge in [0, 0.05) is 6.04 Å². The van der Waals surface area contributed by atoms with Crippen LogP contribution >= 0.6 is 0 Å². The second-order valence-corrected chi connectivity index (χ2v) is 6.44. The van der Waals surface area contributed by atoms with Crippen LogP contribution in [0.5, 0.6) is 0 Å². The number of carbonyl (C=O) groups excluding carboxylic acids is 2. The molecule has 0 bridgehead atoms. The Kier molecular flexibility index (Phi) is 8.47. The minimum Gasteiger partial charge on any atom is -0.453 e. The number of benzene rings is 1. The minimum atomic E-state index is -0.741. The fourth-order valence-corrected chi connectivity index (χ4v) is 2.55. The van der Waals surface area contributed by atoms with Gasteiger partial charge < -0.3 is 4.74 Å². The van der Waals surface area contributed by atoms with Crippen LogP contribution in [-0.2, 0) is 16.0 Å². The number of carbonyl (C=O) groups is 2. The molecule has 0 heterocycles. The molecule has 0 aliphatic rings. The smallest absolute Gasteiger partial charge is 0.413 e. The van der Waals surface area contributed by atoms with E-state index in [1.807, 2.05) is 0 Å². The van der Waals surface area contributed by atoms with E-state index in [2.05, 4.69) is 60.4 Å². The number of nitrogens with one attached hydrogen (secondary N) is 2. The fourth-order valence-electron chi connectivity index (χ4n) is 2.55. The molecule has 0 saturated heterocycles. The number of alkyl carbamates (subject to hydrolysis) is 1. The third-order valence-electron chi connectivity index (χ3n) is 4.06. The standard InChI is InChI=1S/C19H30N2O3/c1-6-7-8-15-9-11-16(12-10-15)17(13(2)3)20-14(4)18(22)21-19(23)24-5/h9-14,17,20H,6-8H2,1-5H3,(H,21,22,23)/t14-,17+/m1/s1. The van der Waals surface area contributed by atoms with Gasteiger partial charge in [0.2, 0.25) is 5.91 Å². The molecule has 0 fully saturated rings. The molecule has 2 amide bonds. The van der Waals surface area contributed by atoms with Crippen molar-refractivity contribution in [1.29, 1.82) is 0 Å². The molecule has 24 heavy (non-hydrogen) atoms. The Balaban J connectivity index is 2.76. The van der Waals surface area contributed by atoms with Crippen molar-refractivity contribution in [1.82, 2.24) is 10.6 Å². The van der Waals surface area contributed by atoms with Gasteiger partial charge in [-0.3, -0.25) is 15.4 Å². The summed E-state index contributed by atoms with van der Waals surface area (Å²) in [5, 5.41) is 5.50. The molecule has 0 saturated carbocycles. The van der Waals surface area contributed by atoms with Crippen LogP contribution in [-0.4, -0.2) is 25.2 Å². The summed E-state index contributed by atoms with van der Waals surface area (Å²) in [7, 11) is 1.23. The lowest BCUT2D eigenvalue weighted by molar-refractivity contribution is -0.122. The second-order valence-electron chi connectivity index (χ2n) is 6.44. The van der Waals surface area contributed by atoms with E-state index >= 15 is 0 Å². The third kappa shape index (κ3) is 6.32. The number of ether oxygens (including phenoxy) is 1. The van der Waals surface area contributed by atoms with Crippen LogP contribution in [0.15, 0.2) is 24.3 Å². The van der Waals surface area contributed by atoms with Crippen molar-refractivity contribution in [3.05, 3.63) is 35.4 Å². The number of methoxy groups -OCH3 is 1. The first kappa shape index (κ1) is 20.2. The Hall–Kier alpha value is -1.88. The zero-order valence-corrected chi connectivity index (χ0v) is 15.4. The molecule has 2 atom stereocenters. The van der Waals surface area contributed by atoms with Crippen molar-refractivity contribution in [2.24, 2.45) is 5.92 Å². The topological polar surface area (TPSA) is 67.4 Å². The molecule has 0 spiro atoms. The molecule has 0 radical (unpaired) electrons. The molecule has 2 N–H and O–H groups in total. The zero-order valence-electron chi connectivity index (χ0n) is 15.4. The predicted molar refractivity (Wildman–Crippen MR) is 95.8 cm³/mol. The van der Waals surface area contributed by atoms with Crippen molar-refractivity contribution in [3.8, 4) is 0 Å². The fraction of sp³-hybridized carbons (Fsp3) is 0.579. The maximum Gasteiger partial charge on any atom is 0.413 e. The van der Waals surface area contributed by atoms with Crippen LogP contribution in [0.4, 0.5) is 4.79 Å². The first-order valence-corrected chi connectivity index (χ1v) is 8.62. The maximum atomic E-state index is 12.0. The van der Waals surface area contributed by atoms with E-state index in [4.69, 9.17) is 0 Å². The van der Waals surface area contributed by atoms with Crippen LogP contribution < -0.4 is 10.6 Å². The van der Waals surface area contributed by atoms with Gasteiger partial charge in [-0.15, -0.1) is 0 Å². The van der Waals surface area contributed by atoms with Crippen LogP contribution in [0.1, 0.15) is 57.7 Å². The molecule has 1 rings (SSSR count). The van der Waals surface area contributed by atoms with Gasteiger partial charge in [-0.25, -0.2) is 4.79 Å². The van der Waals surface area contributed by atoms with Gasteiger partial charge in [-0.1, -0.05) is 51.5 Å². The number of amides is 2. The van der Waals surface area contributed by atoms with E-state index in [1.165, 1.54) is 25.5 Å². The summed E-state index contributed by atoms with van der Waals surface area (Å²) < 4.78 is 4.45. The van der Waals surface area contributed by atoms with E-state index in [0.29, 0.717) is 5.92 Å². The lowest BCUT2D eigenvalue weighted by Gasteiger charge is -2.26. The molecule has 0 aliphatic heterocycles. The minimum absolute atomic E-state index is 0.0311. The molecule has 5 heteroatoms. The van der Waals surface area contributed by atoms with Gasteiger partial charge in [-0.05, 0) is 36.8 Å². The SMILES string of the molecule is CCCCc1ccc([C@@H](N[C@H](C)C(=O)NC(=O)OC)C(C)C)cc1. The first-order valence-electron chi connectivity index (χ1n) is 8.62. The molecule has 1 aromatic carbocycles.